The van der Waals surface area contributed by atoms with Crippen molar-refractivity contribution in [3.8, 4) is 0 Å². The van der Waals surface area contributed by atoms with Gasteiger partial charge in [-0.1, -0.05) is 39.3 Å². The first kappa shape index (κ1) is 17.9. The topological polar surface area (TPSA) is 66.5 Å². The number of piperidine rings is 1. The first-order valence-electron chi connectivity index (χ1n) is 7.97. The molecule has 1 aromatic carbocycles. The van der Waals surface area contributed by atoms with E-state index < -0.39 is 16.1 Å². The predicted molar refractivity (Wildman–Crippen MR) is 93.0 cm³/mol. The number of carbonyl (C=O) groups is 1. The highest BCUT2D eigenvalue weighted by molar-refractivity contribution is 7.88. The number of nitrogens with zero attached hydrogens (tertiary/aromatic N) is 1. The van der Waals surface area contributed by atoms with Gasteiger partial charge in [-0.15, -0.1) is 0 Å². The number of benzene rings is 1. The molecule has 0 radical (unpaired) electrons. The van der Waals surface area contributed by atoms with E-state index >= 15 is 0 Å². The normalized spacial score (nSPS) is 20.3. The van der Waals surface area contributed by atoms with Gasteiger partial charge >= 0.3 is 0 Å². The second-order valence-corrected chi connectivity index (χ2v) is 9.14. The lowest BCUT2D eigenvalue weighted by Crippen LogP contribution is -2.49. The number of nitrogens with one attached hydrogen (secondary N) is 1. The van der Waals surface area contributed by atoms with Crippen molar-refractivity contribution in [3.63, 3.8) is 0 Å². The van der Waals surface area contributed by atoms with Crippen molar-refractivity contribution in [2.75, 3.05) is 18.1 Å². The van der Waals surface area contributed by atoms with Gasteiger partial charge < -0.3 is 5.32 Å². The number of anilines is 1. The molecular weight excluding hydrogens is 312 g/mol. The summed E-state index contributed by atoms with van der Waals surface area (Å²) in [6.45, 7) is 6.81. The average molecular weight is 338 g/mol. The largest absolute Gasteiger partial charge is 0.325 e. The Kier molecular flexibility index (Phi) is 5.16. The second kappa shape index (κ2) is 6.61. The number of sulfonamides is 1. The zero-order valence-electron chi connectivity index (χ0n) is 14.3. The third-order valence-electron chi connectivity index (χ3n) is 4.20. The van der Waals surface area contributed by atoms with Crippen LogP contribution in [0.2, 0.25) is 0 Å². The van der Waals surface area contributed by atoms with Crippen LogP contribution in [-0.2, 0) is 20.2 Å². The van der Waals surface area contributed by atoms with Gasteiger partial charge in [-0.3, -0.25) is 4.79 Å². The summed E-state index contributed by atoms with van der Waals surface area (Å²) < 4.78 is 25.0. The number of hydrogen-bond donors (Lipinski definition) is 1. The van der Waals surface area contributed by atoms with E-state index in [2.05, 4.69) is 26.1 Å². The lowest BCUT2D eigenvalue weighted by Gasteiger charge is -2.32. The summed E-state index contributed by atoms with van der Waals surface area (Å²) in [6.07, 6.45) is 3.40. The lowest BCUT2D eigenvalue weighted by molar-refractivity contribution is -0.120. The van der Waals surface area contributed by atoms with E-state index in [0.717, 1.165) is 19.1 Å². The fourth-order valence-corrected chi connectivity index (χ4v) is 3.97. The minimum atomic E-state index is -3.37. The van der Waals surface area contributed by atoms with Crippen molar-refractivity contribution in [3.05, 3.63) is 29.8 Å². The van der Waals surface area contributed by atoms with Gasteiger partial charge in [0.05, 0.1) is 6.26 Å². The fraction of sp³-hybridized carbons (Fsp3) is 0.588. The zero-order chi connectivity index (χ0) is 17.3. The van der Waals surface area contributed by atoms with Crippen LogP contribution in [0.3, 0.4) is 0 Å². The zero-order valence-corrected chi connectivity index (χ0v) is 15.1. The highest BCUT2D eigenvalue weighted by atomic mass is 32.2. The third-order valence-corrected chi connectivity index (χ3v) is 5.49. The van der Waals surface area contributed by atoms with E-state index in [1.165, 1.54) is 9.87 Å². The van der Waals surface area contributed by atoms with Crippen LogP contribution in [0.15, 0.2) is 24.3 Å². The van der Waals surface area contributed by atoms with Crippen LogP contribution in [0.5, 0.6) is 0 Å². The molecule has 1 amide bonds. The molecule has 5 nitrogen and oxygen atoms in total. The molecule has 0 aliphatic carbocycles. The monoisotopic (exact) mass is 338 g/mol. The maximum absolute atomic E-state index is 12.5. The Bertz CT molecular complexity index is 660. The van der Waals surface area contributed by atoms with Crippen molar-refractivity contribution in [1.29, 1.82) is 0 Å². The van der Waals surface area contributed by atoms with Gasteiger partial charge in [0.15, 0.2) is 0 Å². The predicted octanol–water partition coefficient (Wildman–Crippen LogP) is 2.74. The molecule has 128 valence electrons. The Morgan fingerprint density at radius 3 is 2.30 bits per heavy atom. The molecule has 1 N–H and O–H groups in total. The second-order valence-electron chi connectivity index (χ2n) is 7.20. The molecule has 23 heavy (non-hydrogen) atoms. The molecule has 1 unspecified atom stereocenters. The molecule has 1 aromatic rings. The van der Waals surface area contributed by atoms with Gasteiger partial charge in [-0.05, 0) is 36.0 Å². The highest BCUT2D eigenvalue weighted by Crippen LogP contribution is 2.25. The van der Waals surface area contributed by atoms with Crippen molar-refractivity contribution < 1.29 is 13.2 Å². The van der Waals surface area contributed by atoms with Crippen LogP contribution in [0.1, 0.15) is 45.6 Å². The van der Waals surface area contributed by atoms with Crippen LogP contribution >= 0.6 is 0 Å². The molecule has 0 saturated carbocycles. The van der Waals surface area contributed by atoms with Gasteiger partial charge in [0.1, 0.15) is 6.04 Å². The first-order valence-corrected chi connectivity index (χ1v) is 9.82. The minimum Gasteiger partial charge on any atom is -0.325 e. The smallest absolute Gasteiger partial charge is 0.242 e. The number of hydrogen-bond acceptors (Lipinski definition) is 3. The van der Waals surface area contributed by atoms with Crippen LogP contribution in [-0.4, -0.2) is 37.5 Å². The molecule has 1 aliphatic rings. The van der Waals surface area contributed by atoms with E-state index in [9.17, 15) is 13.2 Å². The average Bonchev–Trinajstić information content (AvgIpc) is 2.46. The Hall–Kier alpha value is -1.40. The number of rotatable bonds is 3. The number of amides is 1. The van der Waals surface area contributed by atoms with Crippen molar-refractivity contribution in [2.24, 2.45) is 0 Å². The third kappa shape index (κ3) is 4.54. The van der Waals surface area contributed by atoms with Gasteiger partial charge in [-0.25, -0.2) is 8.42 Å². The Balaban J connectivity index is 2.11. The number of carbonyl (C=O) groups excluding carboxylic acids is 1. The standard InChI is InChI=1S/C17H26N2O3S/c1-17(2,3)13-8-10-14(11-9-13)18-16(20)15-7-5-6-12-19(15)23(4,21)22/h8-11,15H,5-7,12H2,1-4H3,(H,18,20). The summed E-state index contributed by atoms with van der Waals surface area (Å²) in [5.74, 6) is -0.251. The molecule has 1 fully saturated rings. The molecule has 0 aromatic heterocycles. The Morgan fingerprint density at radius 2 is 1.78 bits per heavy atom. The van der Waals surface area contributed by atoms with E-state index in [0.29, 0.717) is 18.7 Å². The summed E-state index contributed by atoms with van der Waals surface area (Å²) in [4.78, 5) is 12.5. The van der Waals surface area contributed by atoms with E-state index in [-0.39, 0.29) is 11.3 Å². The lowest BCUT2D eigenvalue weighted by atomic mass is 9.87. The molecule has 0 spiro atoms. The van der Waals surface area contributed by atoms with Gasteiger partial charge in [0.2, 0.25) is 15.9 Å². The molecule has 2 rings (SSSR count). The van der Waals surface area contributed by atoms with Crippen molar-refractivity contribution in [1.82, 2.24) is 4.31 Å². The molecule has 0 bridgehead atoms. The molecule has 1 atom stereocenters. The fourth-order valence-electron chi connectivity index (χ4n) is 2.84. The summed E-state index contributed by atoms with van der Waals surface area (Å²) in [6, 6.07) is 7.11. The molecule has 1 saturated heterocycles. The quantitative estimate of drug-likeness (QED) is 0.921. The molecule has 1 aliphatic heterocycles. The molecule has 1 heterocycles. The summed E-state index contributed by atoms with van der Waals surface area (Å²) in [5, 5.41) is 2.85. The first-order chi connectivity index (χ1) is 10.6. The van der Waals surface area contributed by atoms with E-state index in [4.69, 9.17) is 0 Å². The van der Waals surface area contributed by atoms with Crippen molar-refractivity contribution >= 4 is 21.6 Å². The van der Waals surface area contributed by atoms with Gasteiger partial charge in [0.25, 0.3) is 0 Å². The molecule has 6 heteroatoms. The SMILES string of the molecule is CC(C)(C)c1ccc(NC(=O)C2CCCCN2S(C)(=O)=O)cc1. The van der Waals surface area contributed by atoms with Crippen LogP contribution in [0, 0.1) is 0 Å². The Labute approximate surface area is 139 Å². The van der Waals surface area contributed by atoms with E-state index in [1.807, 2.05) is 24.3 Å². The minimum absolute atomic E-state index is 0.0546. The molecular formula is C17H26N2O3S. The summed E-state index contributed by atoms with van der Waals surface area (Å²) in [5.41, 5.74) is 1.94. The summed E-state index contributed by atoms with van der Waals surface area (Å²) >= 11 is 0. The van der Waals surface area contributed by atoms with Gasteiger partial charge in [0, 0.05) is 12.2 Å². The summed E-state index contributed by atoms with van der Waals surface area (Å²) in [7, 11) is -3.37. The van der Waals surface area contributed by atoms with E-state index in [1.54, 1.807) is 0 Å². The van der Waals surface area contributed by atoms with Crippen molar-refractivity contribution in [2.45, 2.75) is 51.5 Å². The van der Waals surface area contributed by atoms with Crippen LogP contribution in [0.25, 0.3) is 0 Å². The van der Waals surface area contributed by atoms with Crippen LogP contribution in [0.4, 0.5) is 5.69 Å². The Morgan fingerprint density at radius 1 is 1.17 bits per heavy atom. The maximum atomic E-state index is 12.5. The highest BCUT2D eigenvalue weighted by Gasteiger charge is 2.34. The van der Waals surface area contributed by atoms with Crippen LogP contribution < -0.4 is 5.32 Å². The maximum Gasteiger partial charge on any atom is 0.242 e. The van der Waals surface area contributed by atoms with Gasteiger partial charge in [-0.2, -0.15) is 4.31 Å².